The highest BCUT2D eigenvalue weighted by Gasteiger charge is 2.46. The number of aliphatic imine (C=N–C) groups is 1. The highest BCUT2D eigenvalue weighted by Crippen LogP contribution is 2.31. The fourth-order valence-electron chi connectivity index (χ4n) is 3.31. The third kappa shape index (κ3) is 3.78. The Labute approximate surface area is 176 Å². The summed E-state index contributed by atoms with van der Waals surface area (Å²) < 4.78 is 42.2. The van der Waals surface area contributed by atoms with Crippen molar-refractivity contribution >= 4 is 22.8 Å². The zero-order valence-electron chi connectivity index (χ0n) is 17.1. The van der Waals surface area contributed by atoms with Crippen molar-refractivity contribution in [3.05, 3.63) is 48.2 Å². The van der Waals surface area contributed by atoms with Gasteiger partial charge in [-0.2, -0.15) is 22.9 Å². The van der Waals surface area contributed by atoms with Crippen molar-refractivity contribution in [1.82, 2.24) is 24.8 Å². The minimum absolute atomic E-state index is 0.0589. The van der Waals surface area contributed by atoms with Gasteiger partial charge in [0.15, 0.2) is 5.71 Å². The van der Waals surface area contributed by atoms with Gasteiger partial charge in [-0.1, -0.05) is 0 Å². The maximum absolute atomic E-state index is 13.7. The number of halogens is 3. The van der Waals surface area contributed by atoms with Crippen LogP contribution < -0.4 is 4.90 Å². The van der Waals surface area contributed by atoms with Crippen molar-refractivity contribution in [1.29, 1.82) is 0 Å². The van der Waals surface area contributed by atoms with Crippen LogP contribution >= 0.6 is 0 Å². The molecular weight excluding hydrogens is 409 g/mol. The lowest BCUT2D eigenvalue weighted by atomic mass is 10.1. The Bertz CT molecular complexity index is 1160. The summed E-state index contributed by atoms with van der Waals surface area (Å²) in [7, 11) is 0. The molecule has 1 aliphatic heterocycles. The number of aryl methyl sites for hydroxylation is 1. The fourth-order valence-corrected chi connectivity index (χ4v) is 3.31. The maximum Gasteiger partial charge on any atom is 0.437 e. The molecule has 8 nitrogen and oxygen atoms in total. The number of nitrogens with zero attached hydrogens (tertiary/aromatic N) is 8. The zero-order valence-corrected chi connectivity index (χ0v) is 17.1. The number of anilines is 1. The number of alkyl halides is 3. The van der Waals surface area contributed by atoms with Gasteiger partial charge in [-0.25, -0.2) is 9.98 Å². The first-order chi connectivity index (χ1) is 14.8. The highest BCUT2D eigenvalue weighted by molar-refractivity contribution is 6.51. The number of benzene rings is 1. The van der Waals surface area contributed by atoms with Gasteiger partial charge >= 0.3 is 6.18 Å². The van der Waals surface area contributed by atoms with E-state index in [0.29, 0.717) is 5.69 Å². The average molecular weight is 428 g/mol. The minimum atomic E-state index is -4.71. The zero-order chi connectivity index (χ0) is 22.2. The van der Waals surface area contributed by atoms with E-state index in [2.05, 4.69) is 35.2 Å². The van der Waals surface area contributed by atoms with Crippen LogP contribution in [0, 0.1) is 6.92 Å². The Balaban J connectivity index is 1.81. The van der Waals surface area contributed by atoms with E-state index < -0.39 is 11.9 Å². The first-order valence-corrected chi connectivity index (χ1v) is 9.66. The topological polar surface area (TPSA) is 84.5 Å². The van der Waals surface area contributed by atoms with Crippen molar-refractivity contribution in [2.24, 2.45) is 10.1 Å². The summed E-state index contributed by atoms with van der Waals surface area (Å²) in [6.07, 6.45) is -0.470. The second-order valence-corrected chi connectivity index (χ2v) is 6.80. The quantitative estimate of drug-likeness (QED) is 0.617. The molecule has 0 N–H and O–H groups in total. The van der Waals surface area contributed by atoms with Crippen LogP contribution in [0.3, 0.4) is 0 Å². The van der Waals surface area contributed by atoms with Gasteiger partial charge < -0.3 is 4.90 Å². The monoisotopic (exact) mass is 428 g/mol. The van der Waals surface area contributed by atoms with Crippen LogP contribution in [0.15, 0.2) is 46.9 Å². The predicted molar refractivity (Wildman–Crippen MR) is 111 cm³/mol. The Morgan fingerprint density at radius 2 is 1.81 bits per heavy atom. The molecular formula is C20H19F3N8. The van der Waals surface area contributed by atoms with E-state index in [1.807, 2.05) is 32.9 Å². The minimum Gasteiger partial charge on any atom is -0.372 e. The van der Waals surface area contributed by atoms with E-state index in [9.17, 15) is 13.2 Å². The van der Waals surface area contributed by atoms with E-state index in [-0.39, 0.29) is 23.1 Å². The number of hydrogen-bond acceptors (Lipinski definition) is 7. The largest absolute Gasteiger partial charge is 0.437 e. The van der Waals surface area contributed by atoms with Gasteiger partial charge in [-0.15, -0.1) is 10.2 Å². The molecule has 0 saturated carbocycles. The molecule has 160 valence electrons. The number of fused-ring (bicyclic) bond motifs is 1. The maximum atomic E-state index is 13.7. The summed E-state index contributed by atoms with van der Waals surface area (Å²) in [4.78, 5) is 14.4. The molecule has 0 bridgehead atoms. The molecule has 4 rings (SSSR count). The molecule has 1 aromatic carbocycles. The van der Waals surface area contributed by atoms with Crippen LogP contribution in [0.1, 0.15) is 25.2 Å². The number of aromatic nitrogens is 5. The van der Waals surface area contributed by atoms with Crippen molar-refractivity contribution < 1.29 is 13.2 Å². The Hall–Kier alpha value is -3.63. The Kier molecular flexibility index (Phi) is 5.25. The van der Waals surface area contributed by atoms with Gasteiger partial charge in [-0.05, 0) is 44.5 Å². The average Bonchev–Trinajstić information content (AvgIpc) is 3.31. The third-order valence-electron chi connectivity index (χ3n) is 4.88. The number of rotatable bonds is 5. The second kappa shape index (κ2) is 7.89. The van der Waals surface area contributed by atoms with Gasteiger partial charge in [0.1, 0.15) is 11.4 Å². The molecule has 31 heavy (non-hydrogen) atoms. The highest BCUT2D eigenvalue weighted by atomic mass is 19.4. The van der Waals surface area contributed by atoms with Gasteiger partial charge in [0, 0.05) is 31.2 Å². The van der Waals surface area contributed by atoms with E-state index in [4.69, 9.17) is 0 Å². The summed E-state index contributed by atoms with van der Waals surface area (Å²) in [5.74, 6) is -0.0381. The summed E-state index contributed by atoms with van der Waals surface area (Å²) in [6, 6.07) is 5.45. The van der Waals surface area contributed by atoms with Crippen LogP contribution in [0.5, 0.6) is 0 Å². The van der Waals surface area contributed by atoms with Crippen LogP contribution in [-0.4, -0.2) is 55.5 Å². The molecule has 0 fully saturated rings. The molecule has 0 aliphatic carbocycles. The van der Waals surface area contributed by atoms with Crippen molar-refractivity contribution in [2.75, 3.05) is 18.0 Å². The Morgan fingerprint density at radius 3 is 2.42 bits per heavy atom. The summed E-state index contributed by atoms with van der Waals surface area (Å²) >= 11 is 0. The first kappa shape index (κ1) is 20.6. The van der Waals surface area contributed by atoms with Gasteiger partial charge in [-0.3, -0.25) is 4.98 Å². The van der Waals surface area contributed by atoms with Crippen molar-refractivity contribution in [3.63, 3.8) is 0 Å². The normalized spacial score (nSPS) is 14.6. The second-order valence-electron chi connectivity index (χ2n) is 6.80. The van der Waals surface area contributed by atoms with Crippen molar-refractivity contribution in [3.8, 4) is 11.5 Å². The third-order valence-corrected chi connectivity index (χ3v) is 4.88. The molecule has 0 amide bonds. The van der Waals surface area contributed by atoms with Crippen LogP contribution in [-0.2, 0) is 0 Å². The summed E-state index contributed by atoms with van der Waals surface area (Å²) in [5, 5.41) is 11.6. The smallest absolute Gasteiger partial charge is 0.372 e. The fraction of sp³-hybridized carbons (Fsp3) is 0.300. The molecule has 0 atom stereocenters. The Morgan fingerprint density at radius 1 is 1.06 bits per heavy atom. The summed E-state index contributed by atoms with van der Waals surface area (Å²) in [6.45, 7) is 7.53. The molecule has 0 saturated heterocycles. The van der Waals surface area contributed by atoms with Crippen LogP contribution in [0.25, 0.3) is 11.5 Å². The molecule has 3 heterocycles. The molecule has 1 aliphatic rings. The SMILES string of the molecule is CCN(CC)c1ccc(N=C2C(C(F)(F)F)=Nn3c2nnc3-c2cnccn2)c(C)c1. The summed E-state index contributed by atoms with van der Waals surface area (Å²) in [5.41, 5.74) is 0.873. The van der Waals surface area contributed by atoms with Crippen molar-refractivity contribution in [2.45, 2.75) is 26.9 Å². The lowest BCUT2D eigenvalue weighted by Gasteiger charge is -2.21. The molecule has 2 aromatic heterocycles. The predicted octanol–water partition coefficient (Wildman–Crippen LogP) is 3.79. The van der Waals surface area contributed by atoms with E-state index in [1.54, 1.807) is 6.07 Å². The lowest BCUT2D eigenvalue weighted by molar-refractivity contribution is -0.0567. The van der Waals surface area contributed by atoms with Crippen LogP contribution in [0.4, 0.5) is 24.5 Å². The van der Waals surface area contributed by atoms with Gasteiger partial charge in [0.05, 0.1) is 11.9 Å². The molecule has 0 unspecified atom stereocenters. The molecule has 0 spiro atoms. The van der Waals surface area contributed by atoms with E-state index in [0.717, 1.165) is 29.0 Å². The standard InChI is InChI=1S/C20H19F3N8/c1-4-30(5-2)13-6-7-14(12(3)10-13)26-16-17(20(21,22)23)29-31-18(27-28-19(16)31)15-11-24-8-9-25-15/h6-11H,4-5H2,1-3H3. The first-order valence-electron chi connectivity index (χ1n) is 9.66. The van der Waals surface area contributed by atoms with Crippen LogP contribution in [0.2, 0.25) is 0 Å². The molecule has 11 heteroatoms. The van der Waals surface area contributed by atoms with E-state index in [1.165, 1.54) is 18.6 Å². The number of hydrogen-bond donors (Lipinski definition) is 0. The lowest BCUT2D eigenvalue weighted by Crippen LogP contribution is -2.29. The van der Waals surface area contributed by atoms with E-state index >= 15 is 0 Å². The molecule has 0 radical (unpaired) electrons. The van der Waals surface area contributed by atoms with Gasteiger partial charge in [0.25, 0.3) is 0 Å². The van der Waals surface area contributed by atoms with Gasteiger partial charge in [0.2, 0.25) is 11.6 Å². The molecule has 3 aromatic rings.